The third-order valence-corrected chi connectivity index (χ3v) is 2.03. The summed E-state index contributed by atoms with van der Waals surface area (Å²) >= 11 is 5.70. The molecule has 12 heavy (non-hydrogen) atoms. The monoisotopic (exact) mass is 178 g/mol. The standard InChI is InChI=1S/C9H7ClN2/c10-5-9-8-4-2-1-3-7(8)6-11-12-9/h1-4,6H,5H2. The van der Waals surface area contributed by atoms with Crippen LogP contribution in [0.1, 0.15) is 5.69 Å². The summed E-state index contributed by atoms with van der Waals surface area (Å²) in [6.45, 7) is 0. The van der Waals surface area contributed by atoms with Gasteiger partial charge in [0.15, 0.2) is 0 Å². The molecule has 0 saturated carbocycles. The molecule has 1 aromatic carbocycles. The van der Waals surface area contributed by atoms with Gasteiger partial charge in [-0.15, -0.1) is 11.6 Å². The SMILES string of the molecule is ClCc1nncc2ccccc12. The molecule has 1 heterocycles. The van der Waals surface area contributed by atoms with E-state index in [9.17, 15) is 0 Å². The highest BCUT2D eigenvalue weighted by Gasteiger charge is 1.99. The van der Waals surface area contributed by atoms with E-state index < -0.39 is 0 Å². The molecule has 60 valence electrons. The third kappa shape index (κ3) is 1.14. The number of halogens is 1. The van der Waals surface area contributed by atoms with Crippen molar-refractivity contribution in [2.45, 2.75) is 5.88 Å². The lowest BCUT2D eigenvalue weighted by Crippen LogP contribution is -1.90. The van der Waals surface area contributed by atoms with Crippen LogP contribution in [-0.4, -0.2) is 10.2 Å². The van der Waals surface area contributed by atoms with Crippen LogP contribution in [0.15, 0.2) is 30.5 Å². The third-order valence-electron chi connectivity index (χ3n) is 1.77. The van der Waals surface area contributed by atoms with E-state index in [-0.39, 0.29) is 0 Å². The zero-order chi connectivity index (χ0) is 8.39. The molecule has 0 radical (unpaired) electrons. The topological polar surface area (TPSA) is 25.8 Å². The molecular formula is C9H7ClN2. The molecule has 0 fully saturated rings. The Balaban J connectivity index is 2.79. The summed E-state index contributed by atoms with van der Waals surface area (Å²) in [5.74, 6) is 0.411. The number of alkyl halides is 1. The average molecular weight is 179 g/mol. The number of fused-ring (bicyclic) bond motifs is 1. The van der Waals surface area contributed by atoms with Crippen molar-refractivity contribution in [1.29, 1.82) is 0 Å². The number of hydrogen-bond acceptors (Lipinski definition) is 2. The number of hydrogen-bond donors (Lipinski definition) is 0. The van der Waals surface area contributed by atoms with Crippen LogP contribution in [0.5, 0.6) is 0 Å². The van der Waals surface area contributed by atoms with Crippen LogP contribution in [0.25, 0.3) is 10.8 Å². The van der Waals surface area contributed by atoms with E-state index in [0.29, 0.717) is 5.88 Å². The Morgan fingerprint density at radius 2 is 2.08 bits per heavy atom. The number of nitrogens with zero attached hydrogens (tertiary/aromatic N) is 2. The van der Waals surface area contributed by atoms with Gasteiger partial charge in [0, 0.05) is 10.8 Å². The Morgan fingerprint density at radius 3 is 2.92 bits per heavy atom. The molecule has 0 unspecified atom stereocenters. The maximum Gasteiger partial charge on any atom is 0.0856 e. The summed E-state index contributed by atoms with van der Waals surface area (Å²) in [5, 5.41) is 9.96. The zero-order valence-corrected chi connectivity index (χ0v) is 7.12. The minimum Gasteiger partial charge on any atom is -0.158 e. The van der Waals surface area contributed by atoms with Crippen molar-refractivity contribution in [2.24, 2.45) is 0 Å². The summed E-state index contributed by atoms with van der Waals surface area (Å²) in [6.07, 6.45) is 1.74. The van der Waals surface area contributed by atoms with Crippen molar-refractivity contribution >= 4 is 22.4 Å². The molecule has 2 nitrogen and oxygen atoms in total. The fourth-order valence-electron chi connectivity index (χ4n) is 1.19. The minimum absolute atomic E-state index is 0.411. The first kappa shape index (κ1) is 7.50. The van der Waals surface area contributed by atoms with Crippen molar-refractivity contribution in [1.82, 2.24) is 10.2 Å². The number of benzene rings is 1. The van der Waals surface area contributed by atoms with Crippen LogP contribution in [-0.2, 0) is 5.88 Å². The molecule has 0 saturated heterocycles. The molecule has 2 aromatic rings. The van der Waals surface area contributed by atoms with Crippen LogP contribution in [0.2, 0.25) is 0 Å². The molecule has 0 N–H and O–H groups in total. The summed E-state index contributed by atoms with van der Waals surface area (Å²) < 4.78 is 0. The normalized spacial score (nSPS) is 10.4. The van der Waals surface area contributed by atoms with Crippen molar-refractivity contribution in [2.75, 3.05) is 0 Å². The molecule has 0 aliphatic heterocycles. The largest absolute Gasteiger partial charge is 0.158 e. The van der Waals surface area contributed by atoms with Crippen LogP contribution in [0, 0.1) is 0 Å². The summed E-state index contributed by atoms with van der Waals surface area (Å²) in [4.78, 5) is 0. The van der Waals surface area contributed by atoms with Gasteiger partial charge in [0.1, 0.15) is 0 Å². The summed E-state index contributed by atoms with van der Waals surface area (Å²) in [7, 11) is 0. The van der Waals surface area contributed by atoms with Gasteiger partial charge in [0.05, 0.1) is 17.8 Å². The van der Waals surface area contributed by atoms with Crippen molar-refractivity contribution in [3.63, 3.8) is 0 Å². The first-order valence-electron chi connectivity index (χ1n) is 3.67. The van der Waals surface area contributed by atoms with E-state index in [0.717, 1.165) is 16.5 Å². The van der Waals surface area contributed by atoms with E-state index in [1.807, 2.05) is 24.3 Å². The highest BCUT2D eigenvalue weighted by molar-refractivity contribution is 6.17. The number of rotatable bonds is 1. The van der Waals surface area contributed by atoms with Crippen LogP contribution in [0.4, 0.5) is 0 Å². The Hall–Kier alpha value is -1.15. The number of aromatic nitrogens is 2. The second-order valence-electron chi connectivity index (χ2n) is 2.51. The minimum atomic E-state index is 0.411. The molecule has 1 aromatic heterocycles. The van der Waals surface area contributed by atoms with Gasteiger partial charge in [-0.2, -0.15) is 10.2 Å². The maximum atomic E-state index is 5.70. The van der Waals surface area contributed by atoms with Gasteiger partial charge < -0.3 is 0 Å². The highest BCUT2D eigenvalue weighted by atomic mass is 35.5. The van der Waals surface area contributed by atoms with E-state index >= 15 is 0 Å². The first-order valence-corrected chi connectivity index (χ1v) is 4.20. The van der Waals surface area contributed by atoms with E-state index in [4.69, 9.17) is 11.6 Å². The molecule has 0 atom stereocenters. The lowest BCUT2D eigenvalue weighted by molar-refractivity contribution is 0.991. The Bertz CT molecular complexity index is 395. The predicted molar refractivity (Wildman–Crippen MR) is 49.1 cm³/mol. The average Bonchev–Trinajstić information content (AvgIpc) is 2.17. The van der Waals surface area contributed by atoms with Gasteiger partial charge in [-0.25, -0.2) is 0 Å². The lowest BCUT2D eigenvalue weighted by atomic mass is 10.1. The molecule has 3 heteroatoms. The Morgan fingerprint density at radius 1 is 1.25 bits per heavy atom. The van der Waals surface area contributed by atoms with Crippen LogP contribution in [0.3, 0.4) is 0 Å². The van der Waals surface area contributed by atoms with Crippen LogP contribution < -0.4 is 0 Å². The fraction of sp³-hybridized carbons (Fsp3) is 0.111. The van der Waals surface area contributed by atoms with Crippen molar-refractivity contribution < 1.29 is 0 Å². The van der Waals surface area contributed by atoms with Gasteiger partial charge in [-0.3, -0.25) is 0 Å². The second-order valence-corrected chi connectivity index (χ2v) is 2.78. The van der Waals surface area contributed by atoms with Gasteiger partial charge in [0.25, 0.3) is 0 Å². The first-order chi connectivity index (χ1) is 5.92. The Labute approximate surface area is 75.2 Å². The van der Waals surface area contributed by atoms with E-state index in [1.165, 1.54) is 0 Å². The molecule has 0 bridgehead atoms. The van der Waals surface area contributed by atoms with Gasteiger partial charge >= 0.3 is 0 Å². The van der Waals surface area contributed by atoms with Crippen molar-refractivity contribution in [3.8, 4) is 0 Å². The predicted octanol–water partition coefficient (Wildman–Crippen LogP) is 2.37. The molecular weight excluding hydrogens is 172 g/mol. The fourth-order valence-corrected chi connectivity index (χ4v) is 1.38. The zero-order valence-electron chi connectivity index (χ0n) is 6.37. The van der Waals surface area contributed by atoms with Crippen molar-refractivity contribution in [3.05, 3.63) is 36.2 Å². The highest BCUT2D eigenvalue weighted by Crippen LogP contribution is 2.15. The summed E-state index contributed by atoms with van der Waals surface area (Å²) in [5.41, 5.74) is 0.842. The van der Waals surface area contributed by atoms with Crippen LogP contribution >= 0.6 is 11.6 Å². The second kappa shape index (κ2) is 3.07. The molecule has 0 spiro atoms. The van der Waals surface area contributed by atoms with E-state index in [2.05, 4.69) is 10.2 Å². The molecule has 0 aliphatic rings. The van der Waals surface area contributed by atoms with Gasteiger partial charge in [-0.05, 0) is 0 Å². The quantitative estimate of drug-likeness (QED) is 0.627. The van der Waals surface area contributed by atoms with E-state index in [1.54, 1.807) is 6.20 Å². The molecule has 2 rings (SSSR count). The van der Waals surface area contributed by atoms with Gasteiger partial charge in [0.2, 0.25) is 0 Å². The summed E-state index contributed by atoms with van der Waals surface area (Å²) in [6, 6.07) is 7.95. The molecule has 0 amide bonds. The molecule has 0 aliphatic carbocycles. The smallest absolute Gasteiger partial charge is 0.0856 e. The van der Waals surface area contributed by atoms with Gasteiger partial charge in [-0.1, -0.05) is 24.3 Å². The maximum absolute atomic E-state index is 5.70. The Kier molecular flexibility index (Phi) is 1.92. The lowest BCUT2D eigenvalue weighted by Gasteiger charge is -1.98.